The van der Waals surface area contributed by atoms with E-state index in [1.165, 1.54) is 0 Å². The standard InChI is InChI=1S/C13H20N4/c1-9(13(2,3)4)8-17-11-10(16-12(17)14)6-5-7-15-11/h5-7,9H,8H2,1-4H3,(H2,14,16). The van der Waals surface area contributed by atoms with Crippen LogP contribution in [0, 0.1) is 11.3 Å². The summed E-state index contributed by atoms with van der Waals surface area (Å²) in [4.78, 5) is 8.68. The van der Waals surface area contributed by atoms with Crippen molar-refractivity contribution in [3.05, 3.63) is 18.3 Å². The minimum absolute atomic E-state index is 0.248. The highest BCUT2D eigenvalue weighted by Crippen LogP contribution is 2.28. The predicted molar refractivity (Wildman–Crippen MR) is 70.6 cm³/mol. The van der Waals surface area contributed by atoms with Crippen LogP contribution >= 0.6 is 0 Å². The van der Waals surface area contributed by atoms with Crippen LogP contribution in [0.15, 0.2) is 18.3 Å². The van der Waals surface area contributed by atoms with E-state index < -0.39 is 0 Å². The summed E-state index contributed by atoms with van der Waals surface area (Å²) in [5.41, 5.74) is 7.95. The Labute approximate surface area is 102 Å². The van der Waals surface area contributed by atoms with E-state index in [0.29, 0.717) is 11.9 Å². The van der Waals surface area contributed by atoms with E-state index in [-0.39, 0.29) is 5.41 Å². The van der Waals surface area contributed by atoms with Crippen LogP contribution in [0.25, 0.3) is 11.2 Å². The summed E-state index contributed by atoms with van der Waals surface area (Å²) < 4.78 is 2.01. The Balaban J connectivity index is 2.39. The number of hydrogen-bond acceptors (Lipinski definition) is 3. The van der Waals surface area contributed by atoms with Gasteiger partial charge in [0.1, 0.15) is 5.52 Å². The number of imidazole rings is 1. The van der Waals surface area contributed by atoms with Crippen LogP contribution in [0.4, 0.5) is 5.95 Å². The van der Waals surface area contributed by atoms with E-state index >= 15 is 0 Å². The molecule has 0 radical (unpaired) electrons. The van der Waals surface area contributed by atoms with Gasteiger partial charge >= 0.3 is 0 Å². The fourth-order valence-corrected chi connectivity index (χ4v) is 1.70. The molecule has 0 aliphatic rings. The third kappa shape index (κ3) is 2.25. The largest absolute Gasteiger partial charge is 0.369 e. The smallest absolute Gasteiger partial charge is 0.202 e. The molecule has 4 nitrogen and oxygen atoms in total. The summed E-state index contributed by atoms with van der Waals surface area (Å²) in [6.45, 7) is 9.79. The maximum atomic E-state index is 5.96. The number of anilines is 1. The van der Waals surface area contributed by atoms with Gasteiger partial charge in [0.25, 0.3) is 0 Å². The van der Waals surface area contributed by atoms with E-state index in [9.17, 15) is 0 Å². The molecule has 1 unspecified atom stereocenters. The number of nitrogens with zero attached hydrogens (tertiary/aromatic N) is 3. The van der Waals surface area contributed by atoms with E-state index in [1.54, 1.807) is 6.20 Å². The van der Waals surface area contributed by atoms with Gasteiger partial charge in [-0.2, -0.15) is 0 Å². The van der Waals surface area contributed by atoms with Gasteiger partial charge < -0.3 is 5.73 Å². The first kappa shape index (κ1) is 11.9. The second-order valence-corrected chi connectivity index (χ2v) is 5.69. The zero-order chi connectivity index (χ0) is 12.6. The number of pyridine rings is 1. The molecule has 0 amide bonds. The van der Waals surface area contributed by atoms with Crippen molar-refractivity contribution in [1.29, 1.82) is 0 Å². The van der Waals surface area contributed by atoms with Crippen LogP contribution in [0.1, 0.15) is 27.7 Å². The van der Waals surface area contributed by atoms with Gasteiger partial charge in [0.05, 0.1) is 0 Å². The van der Waals surface area contributed by atoms with Crippen molar-refractivity contribution in [3.63, 3.8) is 0 Å². The molecule has 0 saturated carbocycles. The second-order valence-electron chi connectivity index (χ2n) is 5.69. The molecule has 2 rings (SSSR count). The molecule has 4 heteroatoms. The summed E-state index contributed by atoms with van der Waals surface area (Å²) in [5.74, 6) is 1.05. The highest BCUT2D eigenvalue weighted by atomic mass is 15.2. The minimum Gasteiger partial charge on any atom is -0.369 e. The van der Waals surface area contributed by atoms with Gasteiger partial charge in [0.15, 0.2) is 5.65 Å². The van der Waals surface area contributed by atoms with Crippen molar-refractivity contribution in [2.75, 3.05) is 5.73 Å². The first-order valence-corrected chi connectivity index (χ1v) is 5.96. The van der Waals surface area contributed by atoms with Gasteiger partial charge in [-0.3, -0.25) is 4.57 Å². The van der Waals surface area contributed by atoms with Crippen molar-refractivity contribution < 1.29 is 0 Å². The zero-order valence-corrected chi connectivity index (χ0v) is 10.9. The lowest BCUT2D eigenvalue weighted by Gasteiger charge is -2.27. The van der Waals surface area contributed by atoms with Crippen LogP contribution in [0.5, 0.6) is 0 Å². The monoisotopic (exact) mass is 232 g/mol. The van der Waals surface area contributed by atoms with Crippen LogP contribution in [0.2, 0.25) is 0 Å². The average molecular weight is 232 g/mol. The van der Waals surface area contributed by atoms with Crippen molar-refractivity contribution in [3.8, 4) is 0 Å². The molecule has 2 aromatic rings. The Hall–Kier alpha value is -1.58. The van der Waals surface area contributed by atoms with E-state index in [4.69, 9.17) is 5.73 Å². The average Bonchev–Trinajstić information content (AvgIpc) is 2.54. The molecule has 0 spiro atoms. The highest BCUT2D eigenvalue weighted by Gasteiger charge is 2.22. The van der Waals surface area contributed by atoms with Gasteiger partial charge in [-0.15, -0.1) is 0 Å². The van der Waals surface area contributed by atoms with Crippen molar-refractivity contribution in [2.45, 2.75) is 34.2 Å². The molecule has 1 atom stereocenters. The van der Waals surface area contributed by atoms with Crippen LogP contribution in [0.3, 0.4) is 0 Å². The quantitative estimate of drug-likeness (QED) is 0.866. The number of aromatic nitrogens is 3. The SMILES string of the molecule is CC(Cn1c(N)nc2cccnc21)C(C)(C)C. The summed E-state index contributed by atoms with van der Waals surface area (Å²) in [5, 5.41) is 0. The first-order valence-electron chi connectivity index (χ1n) is 5.96. The van der Waals surface area contributed by atoms with Crippen molar-refractivity contribution >= 4 is 17.1 Å². The molecule has 17 heavy (non-hydrogen) atoms. The number of fused-ring (bicyclic) bond motifs is 1. The third-order valence-electron chi connectivity index (χ3n) is 3.47. The summed E-state index contributed by atoms with van der Waals surface area (Å²) in [6, 6.07) is 3.82. The zero-order valence-electron chi connectivity index (χ0n) is 10.9. The maximum Gasteiger partial charge on any atom is 0.202 e. The molecule has 2 heterocycles. The van der Waals surface area contributed by atoms with Gasteiger partial charge in [0, 0.05) is 12.7 Å². The lowest BCUT2D eigenvalue weighted by molar-refractivity contribution is 0.235. The molecule has 2 N–H and O–H groups in total. The fraction of sp³-hybridized carbons (Fsp3) is 0.538. The lowest BCUT2D eigenvalue weighted by Crippen LogP contribution is -2.23. The van der Waals surface area contributed by atoms with Gasteiger partial charge in [-0.1, -0.05) is 27.7 Å². The van der Waals surface area contributed by atoms with Crippen molar-refractivity contribution in [1.82, 2.24) is 14.5 Å². The Morgan fingerprint density at radius 2 is 2.12 bits per heavy atom. The second kappa shape index (κ2) is 4.02. The molecule has 0 bridgehead atoms. The summed E-state index contributed by atoms with van der Waals surface area (Å²) >= 11 is 0. The molecule has 0 saturated heterocycles. The fourth-order valence-electron chi connectivity index (χ4n) is 1.70. The van der Waals surface area contributed by atoms with Gasteiger partial charge in [0.2, 0.25) is 5.95 Å². The topological polar surface area (TPSA) is 56.7 Å². The van der Waals surface area contributed by atoms with Gasteiger partial charge in [-0.25, -0.2) is 9.97 Å². The summed E-state index contributed by atoms with van der Waals surface area (Å²) in [7, 11) is 0. The van der Waals surface area contributed by atoms with Gasteiger partial charge in [-0.05, 0) is 23.5 Å². The number of nitrogen functional groups attached to an aromatic ring is 1. The van der Waals surface area contributed by atoms with Crippen LogP contribution < -0.4 is 5.73 Å². The first-order chi connectivity index (χ1) is 7.89. The van der Waals surface area contributed by atoms with E-state index in [2.05, 4.69) is 37.7 Å². The van der Waals surface area contributed by atoms with Crippen molar-refractivity contribution in [2.24, 2.45) is 11.3 Å². The molecular formula is C13H20N4. The molecule has 92 valence electrons. The highest BCUT2D eigenvalue weighted by molar-refractivity contribution is 5.73. The number of rotatable bonds is 2. The molecule has 0 aromatic carbocycles. The normalized spacial score (nSPS) is 14.1. The molecular weight excluding hydrogens is 212 g/mol. The summed E-state index contributed by atoms with van der Waals surface area (Å²) in [6.07, 6.45) is 1.78. The maximum absolute atomic E-state index is 5.96. The Morgan fingerprint density at radius 3 is 2.76 bits per heavy atom. The Bertz CT molecular complexity index is 522. The van der Waals surface area contributed by atoms with E-state index in [1.807, 2.05) is 16.7 Å². The third-order valence-corrected chi connectivity index (χ3v) is 3.47. The minimum atomic E-state index is 0.248. The number of hydrogen-bond donors (Lipinski definition) is 1. The Kier molecular flexibility index (Phi) is 2.81. The predicted octanol–water partition coefficient (Wildman–Crippen LogP) is 2.70. The van der Waals surface area contributed by atoms with Crippen LogP contribution in [-0.4, -0.2) is 14.5 Å². The molecule has 2 aromatic heterocycles. The molecule has 0 aliphatic carbocycles. The number of nitrogens with two attached hydrogens (primary N) is 1. The molecule has 0 aliphatic heterocycles. The molecule has 0 fully saturated rings. The Morgan fingerprint density at radius 1 is 1.41 bits per heavy atom. The van der Waals surface area contributed by atoms with E-state index in [0.717, 1.165) is 17.7 Å². The lowest BCUT2D eigenvalue weighted by atomic mass is 9.82. The van der Waals surface area contributed by atoms with Crippen LogP contribution in [-0.2, 0) is 6.54 Å².